The Morgan fingerprint density at radius 3 is 1.83 bits per heavy atom. The lowest BCUT2D eigenvalue weighted by molar-refractivity contribution is 1.05. The van der Waals surface area contributed by atoms with Crippen LogP contribution in [-0.2, 0) is 12.8 Å². The highest BCUT2D eigenvalue weighted by Crippen LogP contribution is 2.57. The van der Waals surface area contributed by atoms with Crippen LogP contribution in [0, 0.1) is 0 Å². The monoisotopic (exact) mass is 442 g/mol. The van der Waals surface area contributed by atoms with Crippen LogP contribution >= 0.6 is 0 Å². The average molecular weight is 443 g/mol. The van der Waals surface area contributed by atoms with Crippen molar-refractivity contribution in [3.63, 3.8) is 0 Å². The van der Waals surface area contributed by atoms with Crippen molar-refractivity contribution < 1.29 is 0 Å². The van der Waals surface area contributed by atoms with E-state index in [0.717, 1.165) is 12.8 Å². The van der Waals surface area contributed by atoms with Crippen molar-refractivity contribution in [3.8, 4) is 33.4 Å². The van der Waals surface area contributed by atoms with Gasteiger partial charge in [-0.3, -0.25) is 0 Å². The molecule has 0 heterocycles. The molecule has 1 atom stereocenters. The number of hydrogen-bond donors (Lipinski definition) is 0. The molecule has 0 bridgehead atoms. The fourth-order valence-corrected chi connectivity index (χ4v) is 7.21. The lowest BCUT2D eigenvalue weighted by Gasteiger charge is -2.30. The summed E-state index contributed by atoms with van der Waals surface area (Å²) in [6.07, 6.45) is 4.53. The van der Waals surface area contributed by atoms with Crippen LogP contribution in [0.4, 0.5) is 0 Å². The zero-order chi connectivity index (χ0) is 22.7. The van der Waals surface area contributed by atoms with E-state index < -0.39 is 0 Å². The Morgan fingerprint density at radius 1 is 0.429 bits per heavy atom. The van der Waals surface area contributed by atoms with Gasteiger partial charge in [0.05, 0.1) is 0 Å². The summed E-state index contributed by atoms with van der Waals surface area (Å²) in [5.41, 5.74) is 21.5. The average Bonchev–Trinajstić information content (AvgIpc) is 3.57. The predicted molar refractivity (Wildman–Crippen MR) is 145 cm³/mol. The van der Waals surface area contributed by atoms with Crippen molar-refractivity contribution in [2.24, 2.45) is 0 Å². The molecule has 0 amide bonds. The molecule has 0 saturated carbocycles. The van der Waals surface area contributed by atoms with Crippen LogP contribution in [0.3, 0.4) is 0 Å². The van der Waals surface area contributed by atoms with Gasteiger partial charge in [-0.15, -0.1) is 0 Å². The quantitative estimate of drug-likeness (QED) is 0.221. The number of allylic oxidation sites excluding steroid dienone is 1. The van der Waals surface area contributed by atoms with Crippen molar-refractivity contribution in [1.29, 1.82) is 0 Å². The lowest BCUT2D eigenvalue weighted by Crippen LogP contribution is -2.11. The minimum atomic E-state index is 0.317. The summed E-state index contributed by atoms with van der Waals surface area (Å²) in [6, 6.07) is 36.9. The Balaban J connectivity index is 1.36. The topological polar surface area (TPSA) is 0 Å². The van der Waals surface area contributed by atoms with Gasteiger partial charge in [0.15, 0.2) is 0 Å². The Hall–Kier alpha value is -4.16. The van der Waals surface area contributed by atoms with Gasteiger partial charge in [-0.2, -0.15) is 0 Å². The van der Waals surface area contributed by atoms with E-state index in [0.29, 0.717) is 5.92 Å². The maximum Gasteiger partial charge on any atom is 0.0358 e. The first-order chi connectivity index (χ1) is 17.3. The van der Waals surface area contributed by atoms with E-state index in [1.54, 1.807) is 0 Å². The standard InChI is InChI=1S/C35H22/c1-4-10-25-20(7-1)13-23-16-30-31(18-28(23)25)33-15-22-9-3-6-12-27(22)35(33)34-17-24-14-21-8-2-5-11-26(21)29(24)19-32(30)34/h1-12,15-19,35H,13-14H2. The molecule has 9 rings (SSSR count). The van der Waals surface area contributed by atoms with Gasteiger partial charge in [-0.05, 0) is 121 Å². The summed E-state index contributed by atoms with van der Waals surface area (Å²) >= 11 is 0. The van der Waals surface area contributed by atoms with E-state index in [9.17, 15) is 0 Å². The second-order valence-corrected chi connectivity index (χ2v) is 10.5. The highest BCUT2D eigenvalue weighted by molar-refractivity contribution is 6.05. The molecule has 4 aliphatic carbocycles. The van der Waals surface area contributed by atoms with Crippen LogP contribution < -0.4 is 0 Å². The summed E-state index contributed by atoms with van der Waals surface area (Å²) in [4.78, 5) is 0. The van der Waals surface area contributed by atoms with E-state index in [1.807, 2.05) is 0 Å². The fourth-order valence-electron chi connectivity index (χ4n) is 7.21. The minimum absolute atomic E-state index is 0.317. The molecule has 35 heavy (non-hydrogen) atoms. The normalized spacial score (nSPS) is 16.8. The molecule has 0 N–H and O–H groups in total. The Labute approximate surface area is 205 Å². The van der Waals surface area contributed by atoms with E-state index in [1.165, 1.54) is 83.5 Å². The molecule has 0 aromatic heterocycles. The molecular formula is C35H22. The molecule has 162 valence electrons. The predicted octanol–water partition coefficient (Wildman–Crippen LogP) is 8.50. The van der Waals surface area contributed by atoms with Gasteiger partial charge in [0.1, 0.15) is 0 Å². The Morgan fingerprint density at radius 2 is 1.06 bits per heavy atom. The molecule has 0 fully saturated rings. The third-order valence-electron chi connectivity index (χ3n) is 8.74. The van der Waals surface area contributed by atoms with E-state index in [4.69, 9.17) is 0 Å². The largest absolute Gasteiger partial charge is 0.0619 e. The zero-order valence-corrected chi connectivity index (χ0v) is 19.3. The van der Waals surface area contributed by atoms with Crippen molar-refractivity contribution in [1.82, 2.24) is 0 Å². The van der Waals surface area contributed by atoms with Crippen LogP contribution in [0.1, 0.15) is 50.4 Å². The molecule has 0 saturated heterocycles. The number of hydrogen-bond acceptors (Lipinski definition) is 0. The van der Waals surface area contributed by atoms with Crippen LogP contribution in [0.15, 0.2) is 97.1 Å². The SMILES string of the molecule is C1=C2c3cc4c(cc3-c3cc5c(cc3C2c2ccccc21)Cc1ccccc1-5)Cc1ccccc1-4. The summed E-state index contributed by atoms with van der Waals surface area (Å²) in [6.45, 7) is 0. The molecule has 1 unspecified atom stereocenters. The summed E-state index contributed by atoms with van der Waals surface area (Å²) in [5.74, 6) is 0.317. The van der Waals surface area contributed by atoms with Gasteiger partial charge < -0.3 is 0 Å². The van der Waals surface area contributed by atoms with Gasteiger partial charge >= 0.3 is 0 Å². The van der Waals surface area contributed by atoms with Gasteiger partial charge in [-0.1, -0.05) is 78.9 Å². The van der Waals surface area contributed by atoms with Crippen LogP contribution in [0.2, 0.25) is 0 Å². The van der Waals surface area contributed by atoms with Gasteiger partial charge in [-0.25, -0.2) is 0 Å². The molecule has 4 aliphatic rings. The first-order valence-corrected chi connectivity index (χ1v) is 12.6. The summed E-state index contributed by atoms with van der Waals surface area (Å²) in [7, 11) is 0. The maximum absolute atomic E-state index is 2.54. The summed E-state index contributed by atoms with van der Waals surface area (Å²) < 4.78 is 0. The molecule has 0 radical (unpaired) electrons. The van der Waals surface area contributed by atoms with Gasteiger partial charge in [0.2, 0.25) is 0 Å². The third kappa shape index (κ3) is 2.27. The number of fused-ring (bicyclic) bond motifs is 14. The maximum atomic E-state index is 2.54. The third-order valence-corrected chi connectivity index (χ3v) is 8.74. The first-order valence-electron chi connectivity index (χ1n) is 12.6. The van der Waals surface area contributed by atoms with Crippen molar-refractivity contribution in [2.75, 3.05) is 0 Å². The van der Waals surface area contributed by atoms with Crippen LogP contribution in [-0.4, -0.2) is 0 Å². The fraction of sp³-hybridized carbons (Fsp3) is 0.0857. The van der Waals surface area contributed by atoms with Gasteiger partial charge in [0.25, 0.3) is 0 Å². The van der Waals surface area contributed by atoms with E-state index in [-0.39, 0.29) is 0 Å². The second-order valence-electron chi connectivity index (χ2n) is 10.5. The van der Waals surface area contributed by atoms with Crippen molar-refractivity contribution in [3.05, 3.63) is 142 Å². The molecule has 0 spiro atoms. The molecule has 0 nitrogen and oxygen atoms in total. The van der Waals surface area contributed by atoms with E-state index >= 15 is 0 Å². The molecule has 5 aromatic carbocycles. The highest BCUT2D eigenvalue weighted by Gasteiger charge is 2.37. The van der Waals surface area contributed by atoms with Crippen LogP contribution in [0.25, 0.3) is 45.0 Å². The van der Waals surface area contributed by atoms with E-state index in [2.05, 4.69) is 103 Å². The lowest BCUT2D eigenvalue weighted by atomic mass is 9.73. The van der Waals surface area contributed by atoms with Crippen molar-refractivity contribution in [2.45, 2.75) is 18.8 Å². The van der Waals surface area contributed by atoms with Gasteiger partial charge in [0, 0.05) is 5.92 Å². The Bertz CT molecular complexity index is 1800. The first kappa shape index (κ1) is 18.2. The minimum Gasteiger partial charge on any atom is -0.0619 e. The number of rotatable bonds is 0. The zero-order valence-electron chi connectivity index (χ0n) is 19.3. The molecular weight excluding hydrogens is 420 g/mol. The highest BCUT2D eigenvalue weighted by atomic mass is 14.4. The second kappa shape index (κ2) is 6.29. The van der Waals surface area contributed by atoms with Crippen molar-refractivity contribution >= 4 is 11.6 Å². The number of benzene rings is 5. The van der Waals surface area contributed by atoms with Crippen LogP contribution in [0.5, 0.6) is 0 Å². The Kier molecular flexibility index (Phi) is 3.27. The molecule has 5 aromatic rings. The molecule has 0 aliphatic heterocycles. The summed E-state index contributed by atoms with van der Waals surface area (Å²) in [5, 5.41) is 0. The smallest absolute Gasteiger partial charge is 0.0358 e. The molecule has 0 heteroatoms.